The number of carboxylic acids is 1. The van der Waals surface area contributed by atoms with Crippen LogP contribution < -0.4 is 10.7 Å². The molecule has 1 aromatic heterocycles. The number of carbonyl (C=O) groups excluding carboxylic acids is 2. The van der Waals surface area contributed by atoms with Crippen LogP contribution in [0.2, 0.25) is 0 Å². The molecule has 3 heterocycles. The van der Waals surface area contributed by atoms with E-state index in [9.17, 15) is 19.5 Å². The van der Waals surface area contributed by atoms with E-state index in [-0.39, 0.29) is 36.1 Å². The second kappa shape index (κ2) is 7.49. The average molecular weight is 371 g/mol. The maximum absolute atomic E-state index is 12.5. The van der Waals surface area contributed by atoms with Crippen molar-refractivity contribution in [1.82, 2.24) is 9.47 Å². The number of aromatic nitrogens is 1. The van der Waals surface area contributed by atoms with E-state index in [4.69, 9.17) is 0 Å². The number of hydrogen-bond donors (Lipinski definition) is 0. The van der Waals surface area contributed by atoms with Crippen LogP contribution in [0.1, 0.15) is 74.5 Å². The largest absolute Gasteiger partial charge is 0.550 e. The predicted octanol–water partition coefficient (Wildman–Crippen LogP) is 1.37. The van der Waals surface area contributed by atoms with E-state index in [0.717, 1.165) is 12.1 Å². The maximum Gasteiger partial charge on any atom is 0.250 e. The quantitative estimate of drug-likeness (QED) is 0.800. The van der Waals surface area contributed by atoms with Crippen LogP contribution in [-0.4, -0.2) is 34.4 Å². The van der Waals surface area contributed by atoms with Gasteiger partial charge >= 0.3 is 0 Å². The Bertz CT molecular complexity index is 794. The lowest BCUT2D eigenvalue weighted by molar-refractivity contribution is -0.305. The third kappa shape index (κ3) is 3.66. The highest BCUT2D eigenvalue weighted by molar-refractivity contribution is 5.80. The number of amides is 1. The van der Waals surface area contributed by atoms with Crippen molar-refractivity contribution in [3.05, 3.63) is 33.7 Å². The number of fused-ring (bicyclic) bond motifs is 4. The Morgan fingerprint density at radius 1 is 1.00 bits per heavy atom. The fourth-order valence-electron chi connectivity index (χ4n) is 5.38. The summed E-state index contributed by atoms with van der Waals surface area (Å²) in [5.41, 5.74) is 2.51. The van der Waals surface area contributed by atoms with Crippen LogP contribution in [0.3, 0.4) is 0 Å². The zero-order valence-electron chi connectivity index (χ0n) is 15.7. The molecule has 0 unspecified atom stereocenters. The summed E-state index contributed by atoms with van der Waals surface area (Å²) in [6.07, 6.45) is 6.90. The van der Waals surface area contributed by atoms with Crippen LogP contribution in [0, 0.1) is 5.92 Å². The minimum atomic E-state index is -1.18. The second-order valence-corrected chi connectivity index (χ2v) is 8.43. The first-order chi connectivity index (χ1) is 13.0. The molecule has 6 nitrogen and oxygen atoms in total. The third-order valence-electron chi connectivity index (χ3n) is 6.56. The van der Waals surface area contributed by atoms with Gasteiger partial charge in [-0.05, 0) is 43.1 Å². The van der Waals surface area contributed by atoms with E-state index in [1.165, 1.54) is 37.7 Å². The first-order valence-corrected chi connectivity index (χ1v) is 10.2. The average Bonchev–Trinajstić information content (AvgIpc) is 2.67. The maximum atomic E-state index is 12.5. The minimum Gasteiger partial charge on any atom is -0.550 e. The van der Waals surface area contributed by atoms with Crippen molar-refractivity contribution in [2.24, 2.45) is 5.92 Å². The van der Waals surface area contributed by atoms with Crippen molar-refractivity contribution < 1.29 is 14.7 Å². The van der Waals surface area contributed by atoms with Crippen LogP contribution in [0.4, 0.5) is 0 Å². The van der Waals surface area contributed by atoms with Gasteiger partial charge in [0, 0.05) is 49.7 Å². The number of carbonyl (C=O) groups is 2. The number of hydrogen-bond acceptors (Lipinski definition) is 4. The predicted molar refractivity (Wildman–Crippen MR) is 98.2 cm³/mol. The number of nitrogens with zero attached hydrogens (tertiary/aromatic N) is 2. The second-order valence-electron chi connectivity index (χ2n) is 8.43. The van der Waals surface area contributed by atoms with Crippen LogP contribution in [-0.2, 0) is 16.1 Å². The Labute approximate surface area is 159 Å². The van der Waals surface area contributed by atoms with Gasteiger partial charge in [0.2, 0.25) is 5.91 Å². The van der Waals surface area contributed by atoms with Gasteiger partial charge in [-0.2, -0.15) is 0 Å². The van der Waals surface area contributed by atoms with Crippen LogP contribution in [0.25, 0.3) is 0 Å². The zero-order chi connectivity index (χ0) is 19.0. The third-order valence-corrected chi connectivity index (χ3v) is 6.56. The highest BCUT2D eigenvalue weighted by Crippen LogP contribution is 2.42. The molecule has 6 heteroatoms. The summed E-state index contributed by atoms with van der Waals surface area (Å²) in [7, 11) is 0. The van der Waals surface area contributed by atoms with Gasteiger partial charge in [0.15, 0.2) is 0 Å². The Morgan fingerprint density at radius 3 is 2.52 bits per heavy atom. The Hall–Kier alpha value is -2.11. The van der Waals surface area contributed by atoms with E-state index in [1.54, 1.807) is 6.07 Å². The molecule has 2 aliphatic heterocycles. The molecule has 2 bridgehead atoms. The van der Waals surface area contributed by atoms with Crippen molar-refractivity contribution >= 4 is 11.9 Å². The van der Waals surface area contributed by atoms with Gasteiger partial charge in [-0.15, -0.1) is 0 Å². The highest BCUT2D eigenvalue weighted by Gasteiger charge is 2.38. The number of pyridine rings is 1. The smallest absolute Gasteiger partial charge is 0.250 e. The van der Waals surface area contributed by atoms with Gasteiger partial charge in [0.1, 0.15) is 0 Å². The molecule has 1 saturated heterocycles. The summed E-state index contributed by atoms with van der Waals surface area (Å²) in [5, 5.41) is 10.7. The first kappa shape index (κ1) is 18.3. The van der Waals surface area contributed by atoms with Gasteiger partial charge in [0.25, 0.3) is 5.56 Å². The van der Waals surface area contributed by atoms with Gasteiger partial charge in [-0.25, -0.2) is 0 Å². The van der Waals surface area contributed by atoms with E-state index in [2.05, 4.69) is 0 Å². The summed E-state index contributed by atoms with van der Waals surface area (Å²) in [6, 6.07) is 3.75. The summed E-state index contributed by atoms with van der Waals surface area (Å²) in [4.78, 5) is 37.5. The van der Waals surface area contributed by atoms with Crippen LogP contribution in [0.15, 0.2) is 16.9 Å². The summed E-state index contributed by atoms with van der Waals surface area (Å²) in [6.45, 7) is 1.86. The molecular weight excluding hydrogens is 344 g/mol. The van der Waals surface area contributed by atoms with Crippen molar-refractivity contribution in [3.63, 3.8) is 0 Å². The van der Waals surface area contributed by atoms with E-state index in [0.29, 0.717) is 25.6 Å². The molecule has 146 valence electrons. The zero-order valence-corrected chi connectivity index (χ0v) is 15.7. The van der Waals surface area contributed by atoms with Crippen LogP contribution in [0.5, 0.6) is 0 Å². The standard InChI is InChI=1S/C21H28N2O4/c24-18(8-9-20(26)27)22-11-14-10-16(13-22)21-17(15-4-2-1-3-5-15)6-7-19(25)23(21)12-14/h6-7,14-16H,1-5,8-13H2,(H,26,27)/p-1/t14-,16+/m0/s1. The van der Waals surface area contributed by atoms with Crippen molar-refractivity contribution in [1.29, 1.82) is 0 Å². The lowest BCUT2D eigenvalue weighted by Crippen LogP contribution is -2.49. The molecule has 4 rings (SSSR count). The molecule has 1 aromatic rings. The fourth-order valence-corrected chi connectivity index (χ4v) is 5.38. The number of rotatable bonds is 4. The summed E-state index contributed by atoms with van der Waals surface area (Å²) >= 11 is 0. The molecule has 1 amide bonds. The Morgan fingerprint density at radius 2 is 1.78 bits per heavy atom. The number of piperidine rings is 1. The van der Waals surface area contributed by atoms with Crippen molar-refractivity contribution in [2.75, 3.05) is 13.1 Å². The molecule has 0 radical (unpaired) electrons. The normalized spacial score (nSPS) is 25.1. The SMILES string of the molecule is O=C([O-])CCC(=O)N1C[C@@H]2C[C@H](C1)c1c(C3CCCCC3)ccc(=O)n1C2. The molecular formula is C21H27N2O4-. The number of likely N-dealkylation sites (tertiary alicyclic amines) is 1. The van der Waals surface area contributed by atoms with E-state index >= 15 is 0 Å². The first-order valence-electron chi connectivity index (χ1n) is 10.2. The molecule has 1 saturated carbocycles. The molecule has 2 atom stereocenters. The molecule has 0 spiro atoms. The minimum absolute atomic E-state index is 0.00114. The van der Waals surface area contributed by atoms with Gasteiger partial charge < -0.3 is 19.4 Å². The van der Waals surface area contributed by atoms with Crippen LogP contribution >= 0.6 is 0 Å². The van der Waals surface area contributed by atoms with E-state index < -0.39 is 5.97 Å². The summed E-state index contributed by atoms with van der Waals surface area (Å²) < 4.78 is 1.96. The number of aliphatic carboxylic acids is 1. The molecule has 3 aliphatic rings. The molecule has 1 aliphatic carbocycles. The van der Waals surface area contributed by atoms with Crippen molar-refractivity contribution in [2.45, 2.75) is 69.7 Å². The Balaban J connectivity index is 1.61. The van der Waals surface area contributed by atoms with Gasteiger partial charge in [-0.3, -0.25) is 9.59 Å². The molecule has 0 N–H and O–H groups in total. The highest BCUT2D eigenvalue weighted by atomic mass is 16.4. The molecule has 0 aromatic carbocycles. The fraction of sp³-hybridized carbons (Fsp3) is 0.667. The number of carboxylic acid groups (broad SMARTS) is 1. The van der Waals surface area contributed by atoms with Crippen molar-refractivity contribution in [3.8, 4) is 0 Å². The topological polar surface area (TPSA) is 82.4 Å². The monoisotopic (exact) mass is 371 g/mol. The Kier molecular flexibility index (Phi) is 5.06. The summed E-state index contributed by atoms with van der Waals surface area (Å²) in [5.74, 6) is -0.337. The molecule has 27 heavy (non-hydrogen) atoms. The lowest BCUT2D eigenvalue weighted by atomic mass is 9.76. The lowest BCUT2D eigenvalue weighted by Gasteiger charge is -2.44. The molecule has 2 fully saturated rings. The van der Waals surface area contributed by atoms with E-state index in [1.807, 2.05) is 15.5 Å². The van der Waals surface area contributed by atoms with Gasteiger partial charge in [0.05, 0.1) is 0 Å². The van der Waals surface area contributed by atoms with Gasteiger partial charge in [-0.1, -0.05) is 25.3 Å².